The van der Waals surface area contributed by atoms with Crippen LogP contribution in [0.3, 0.4) is 0 Å². The molecule has 0 bridgehead atoms. The molecule has 0 aliphatic carbocycles. The van der Waals surface area contributed by atoms with Gasteiger partial charge in [-0.2, -0.15) is 15.2 Å². The second-order valence-electron chi connectivity index (χ2n) is 12.1. The number of anilines is 1. The van der Waals surface area contributed by atoms with E-state index in [1.54, 1.807) is 0 Å². The zero-order chi connectivity index (χ0) is 28.0. The molecule has 4 aliphatic rings. The zero-order valence-electron chi connectivity index (χ0n) is 23.2. The molecule has 3 aromatic rings. The van der Waals surface area contributed by atoms with Gasteiger partial charge in [0.1, 0.15) is 18.6 Å². The topological polar surface area (TPSA) is 74.5 Å². The maximum Gasteiger partial charge on any atom is 0.318 e. The van der Waals surface area contributed by atoms with E-state index in [0.717, 1.165) is 78.7 Å². The van der Waals surface area contributed by atoms with Gasteiger partial charge in [-0.15, -0.1) is 0 Å². The van der Waals surface area contributed by atoms with Crippen molar-refractivity contribution in [3.63, 3.8) is 0 Å². The van der Waals surface area contributed by atoms with Crippen LogP contribution in [0.15, 0.2) is 36.4 Å². The molecule has 0 radical (unpaired) electrons. The molecule has 9 heteroatoms. The van der Waals surface area contributed by atoms with E-state index in [2.05, 4.69) is 34.1 Å². The molecular formula is C32H35ClFN5O2. The smallest absolute Gasteiger partial charge is 0.318 e. The Morgan fingerprint density at radius 3 is 2.90 bits per heavy atom. The molecule has 5 heterocycles. The molecule has 41 heavy (non-hydrogen) atoms. The number of rotatable bonds is 6. The van der Waals surface area contributed by atoms with Crippen LogP contribution in [-0.4, -0.2) is 59.4 Å². The van der Waals surface area contributed by atoms with Gasteiger partial charge in [0.05, 0.1) is 30.0 Å². The third-order valence-corrected chi connectivity index (χ3v) is 9.84. The number of halogens is 2. The molecule has 4 aliphatic heterocycles. The Morgan fingerprint density at radius 1 is 1.15 bits per heavy atom. The van der Waals surface area contributed by atoms with Crippen molar-refractivity contribution >= 4 is 28.2 Å². The summed E-state index contributed by atoms with van der Waals surface area (Å²) in [6, 6.07) is 14.8. The van der Waals surface area contributed by atoms with Crippen molar-refractivity contribution in [1.82, 2.24) is 14.9 Å². The summed E-state index contributed by atoms with van der Waals surface area (Å²) in [7, 11) is 0. The average molecular weight is 576 g/mol. The third-order valence-electron chi connectivity index (χ3n) is 9.52. The van der Waals surface area contributed by atoms with E-state index in [4.69, 9.17) is 31.0 Å². The molecule has 0 amide bonds. The molecular weight excluding hydrogens is 541 g/mol. The lowest BCUT2D eigenvalue weighted by atomic mass is 9.93. The number of alkyl halides is 1. The van der Waals surface area contributed by atoms with Crippen LogP contribution < -0.4 is 9.64 Å². The summed E-state index contributed by atoms with van der Waals surface area (Å²) in [4.78, 5) is 14.4. The van der Waals surface area contributed by atoms with Gasteiger partial charge in [-0.1, -0.05) is 41.9 Å². The molecule has 7 nitrogen and oxygen atoms in total. The van der Waals surface area contributed by atoms with Gasteiger partial charge < -0.3 is 14.4 Å². The Kier molecular flexibility index (Phi) is 7.22. The van der Waals surface area contributed by atoms with Crippen LogP contribution in [0, 0.1) is 17.2 Å². The Balaban J connectivity index is 1.23. The summed E-state index contributed by atoms with van der Waals surface area (Å²) in [5.41, 5.74) is 2.69. The minimum atomic E-state index is -0.810. The van der Waals surface area contributed by atoms with Gasteiger partial charge in [-0.05, 0) is 55.2 Å². The summed E-state index contributed by atoms with van der Waals surface area (Å²) in [5.74, 6) is 1.15. The highest BCUT2D eigenvalue weighted by atomic mass is 35.5. The fourth-order valence-corrected chi connectivity index (χ4v) is 7.84. The van der Waals surface area contributed by atoms with E-state index in [0.29, 0.717) is 56.0 Å². The number of hydrogen-bond donors (Lipinski definition) is 0. The first kappa shape index (κ1) is 26.9. The fraction of sp³-hybridized carbons (Fsp3) is 0.531. The fourth-order valence-electron chi connectivity index (χ4n) is 7.55. The van der Waals surface area contributed by atoms with Crippen LogP contribution >= 0.6 is 11.6 Å². The van der Waals surface area contributed by atoms with Crippen LogP contribution in [0.1, 0.15) is 61.4 Å². The second kappa shape index (κ2) is 11.0. The number of nitriles is 1. The van der Waals surface area contributed by atoms with Crippen molar-refractivity contribution in [3.8, 4) is 12.1 Å². The average Bonchev–Trinajstić information content (AvgIpc) is 3.51. The van der Waals surface area contributed by atoms with Gasteiger partial charge in [-0.3, -0.25) is 4.90 Å². The van der Waals surface area contributed by atoms with Crippen LogP contribution in [0.4, 0.5) is 10.2 Å². The van der Waals surface area contributed by atoms with Crippen molar-refractivity contribution in [1.29, 1.82) is 5.26 Å². The van der Waals surface area contributed by atoms with Crippen LogP contribution in [0.5, 0.6) is 6.01 Å². The third kappa shape index (κ3) is 5.03. The van der Waals surface area contributed by atoms with Crippen LogP contribution in [-0.2, 0) is 17.8 Å². The van der Waals surface area contributed by atoms with E-state index < -0.39 is 6.17 Å². The number of hydrogen-bond acceptors (Lipinski definition) is 7. The quantitative estimate of drug-likeness (QED) is 0.347. The molecule has 0 unspecified atom stereocenters. The van der Waals surface area contributed by atoms with E-state index in [-0.39, 0.29) is 11.6 Å². The van der Waals surface area contributed by atoms with Gasteiger partial charge >= 0.3 is 6.01 Å². The molecule has 7 rings (SSSR count). The summed E-state index contributed by atoms with van der Waals surface area (Å²) in [6.07, 6.45) is 4.65. The molecule has 4 atom stereocenters. The first-order valence-corrected chi connectivity index (χ1v) is 15.2. The molecule has 3 saturated heterocycles. The first-order valence-electron chi connectivity index (χ1n) is 14.9. The Morgan fingerprint density at radius 2 is 2.02 bits per heavy atom. The number of benzene rings is 2. The second-order valence-corrected chi connectivity index (χ2v) is 12.5. The minimum Gasteiger partial charge on any atom is -0.461 e. The van der Waals surface area contributed by atoms with Crippen LogP contribution in [0.25, 0.3) is 10.8 Å². The highest BCUT2D eigenvalue weighted by Crippen LogP contribution is 2.42. The standard InChI is InChI=1S/C32H35ClFN5O2/c33-26-9-2-7-22-6-1-8-24(29(22)26)28-15-27-25(19-40-28)30(38-13-3-5-21(17-38)10-12-35)37-31(36-27)41-20-32-11-4-14-39(32)18-23(34)16-32/h1-2,6-9,21,23,28H,3-5,10-11,13-20H2/t21-,23+,28+,32-/m0/s1. The molecule has 1 aromatic heterocycles. The van der Waals surface area contributed by atoms with Crippen molar-refractivity contribution < 1.29 is 13.9 Å². The molecule has 214 valence electrons. The number of piperidine rings is 1. The highest BCUT2D eigenvalue weighted by Gasteiger charge is 2.49. The molecule has 0 saturated carbocycles. The van der Waals surface area contributed by atoms with Gasteiger partial charge in [0.2, 0.25) is 0 Å². The van der Waals surface area contributed by atoms with Crippen molar-refractivity contribution in [3.05, 3.63) is 58.2 Å². The van der Waals surface area contributed by atoms with Crippen molar-refractivity contribution in [2.75, 3.05) is 37.7 Å². The van der Waals surface area contributed by atoms with Crippen molar-refractivity contribution in [2.24, 2.45) is 5.92 Å². The predicted octanol–water partition coefficient (Wildman–Crippen LogP) is 6.18. The Labute approximate surface area is 245 Å². The number of nitrogens with zero attached hydrogens (tertiary/aromatic N) is 5. The maximum atomic E-state index is 14.4. The lowest BCUT2D eigenvalue weighted by Gasteiger charge is -2.36. The zero-order valence-corrected chi connectivity index (χ0v) is 24.0. The van der Waals surface area contributed by atoms with E-state index >= 15 is 0 Å². The largest absolute Gasteiger partial charge is 0.461 e. The minimum absolute atomic E-state index is 0.208. The van der Waals surface area contributed by atoms with Crippen LogP contribution in [0.2, 0.25) is 5.02 Å². The predicted molar refractivity (Wildman–Crippen MR) is 156 cm³/mol. The Hall–Kier alpha value is -2.99. The summed E-state index contributed by atoms with van der Waals surface area (Å²) in [6.45, 7) is 3.83. The summed E-state index contributed by atoms with van der Waals surface area (Å²) >= 11 is 6.67. The maximum absolute atomic E-state index is 14.4. The number of fused-ring (bicyclic) bond motifs is 3. The Bertz CT molecular complexity index is 1490. The van der Waals surface area contributed by atoms with Gasteiger partial charge in [-0.25, -0.2) is 4.39 Å². The lowest BCUT2D eigenvalue weighted by molar-refractivity contribution is 0.0263. The van der Waals surface area contributed by atoms with Gasteiger partial charge in [0.25, 0.3) is 0 Å². The van der Waals surface area contributed by atoms with Gasteiger partial charge in [0, 0.05) is 54.9 Å². The summed E-state index contributed by atoms with van der Waals surface area (Å²) < 4.78 is 27.3. The molecule has 0 spiro atoms. The SMILES string of the molecule is N#CC[C@@H]1CCCN(c2nc(OC[C@@]34CCCN3C[C@H](F)C4)nc3c2CO[C@@H](c2cccc4cccc(Cl)c24)C3)C1. The van der Waals surface area contributed by atoms with E-state index in [1.807, 2.05) is 18.2 Å². The molecule has 2 aromatic carbocycles. The normalized spacial score (nSPS) is 27.9. The van der Waals surface area contributed by atoms with E-state index in [9.17, 15) is 9.65 Å². The summed E-state index contributed by atoms with van der Waals surface area (Å²) in [5, 5.41) is 12.1. The number of ether oxygens (including phenoxy) is 2. The highest BCUT2D eigenvalue weighted by molar-refractivity contribution is 6.35. The number of aromatic nitrogens is 2. The lowest BCUT2D eigenvalue weighted by Crippen LogP contribution is -2.43. The molecule has 3 fully saturated rings. The monoisotopic (exact) mass is 575 g/mol. The van der Waals surface area contributed by atoms with Crippen molar-refractivity contribution in [2.45, 2.75) is 69.4 Å². The van der Waals surface area contributed by atoms with E-state index in [1.165, 1.54) is 0 Å². The van der Waals surface area contributed by atoms with Gasteiger partial charge in [0.15, 0.2) is 0 Å². The molecule has 0 N–H and O–H groups in total. The first-order chi connectivity index (χ1) is 20.0.